The van der Waals surface area contributed by atoms with Crippen molar-refractivity contribution >= 4 is 21.6 Å². The largest absolute Gasteiger partial charge is 0.350 e. The summed E-state index contributed by atoms with van der Waals surface area (Å²) in [5.41, 5.74) is 0.0615. The van der Waals surface area contributed by atoms with E-state index in [1.165, 1.54) is 12.1 Å². The first-order valence-electron chi connectivity index (χ1n) is 8.20. The molecule has 1 amide bonds. The maximum atomic E-state index is 13.0. The van der Waals surface area contributed by atoms with Gasteiger partial charge in [0.05, 0.1) is 10.6 Å². The number of nitrogens with zero attached hydrogens (tertiary/aromatic N) is 1. The molecule has 0 aliphatic carbocycles. The third kappa shape index (κ3) is 4.82. The molecule has 0 unspecified atom stereocenters. The molecule has 0 aliphatic heterocycles. The van der Waals surface area contributed by atoms with Gasteiger partial charge in [0.25, 0.3) is 10.0 Å². The topological polar surface area (TPSA) is 66.5 Å². The molecule has 6 heteroatoms. The zero-order valence-electron chi connectivity index (χ0n) is 14.8. The van der Waals surface area contributed by atoms with Crippen LogP contribution in [0.3, 0.4) is 0 Å². The molecular formula is C19H24N2O3S. The number of carbonyl (C=O) groups is 1. The highest BCUT2D eigenvalue weighted by molar-refractivity contribution is 7.92. The van der Waals surface area contributed by atoms with Gasteiger partial charge in [-0.15, -0.1) is 0 Å². The summed E-state index contributed by atoms with van der Waals surface area (Å²) in [6.45, 7) is 5.51. The van der Waals surface area contributed by atoms with Crippen molar-refractivity contribution < 1.29 is 13.2 Å². The molecule has 0 saturated carbocycles. The van der Waals surface area contributed by atoms with Gasteiger partial charge in [-0.3, -0.25) is 9.10 Å². The summed E-state index contributed by atoms with van der Waals surface area (Å²) in [5.74, 6) is -0.338. The van der Waals surface area contributed by atoms with Crippen molar-refractivity contribution in [3.8, 4) is 0 Å². The zero-order valence-corrected chi connectivity index (χ0v) is 15.6. The molecule has 2 aromatic carbocycles. The van der Waals surface area contributed by atoms with E-state index in [9.17, 15) is 13.2 Å². The summed E-state index contributed by atoms with van der Waals surface area (Å²) in [4.78, 5) is 12.6. The molecule has 25 heavy (non-hydrogen) atoms. The van der Waals surface area contributed by atoms with Gasteiger partial charge >= 0.3 is 0 Å². The number of rotatable bonds is 7. The van der Waals surface area contributed by atoms with E-state index in [-0.39, 0.29) is 17.3 Å². The van der Waals surface area contributed by atoms with Gasteiger partial charge in [-0.25, -0.2) is 8.42 Å². The summed E-state index contributed by atoms with van der Waals surface area (Å²) in [6, 6.07) is 16.8. The minimum atomic E-state index is -3.84. The Bertz CT molecular complexity index is 803. The van der Waals surface area contributed by atoms with Crippen LogP contribution in [0.25, 0.3) is 0 Å². The number of para-hydroxylation sites is 1. The molecule has 0 aliphatic rings. The van der Waals surface area contributed by atoms with Crippen molar-refractivity contribution in [3.05, 3.63) is 60.7 Å². The maximum Gasteiger partial charge on any atom is 0.264 e. The molecule has 0 aromatic heterocycles. The second kappa shape index (κ2) is 7.70. The van der Waals surface area contributed by atoms with Crippen molar-refractivity contribution in [1.29, 1.82) is 0 Å². The summed E-state index contributed by atoms with van der Waals surface area (Å²) in [7, 11) is -3.84. The van der Waals surface area contributed by atoms with Gasteiger partial charge in [0.15, 0.2) is 0 Å². The van der Waals surface area contributed by atoms with E-state index >= 15 is 0 Å². The Morgan fingerprint density at radius 2 is 1.52 bits per heavy atom. The number of hydrogen-bond acceptors (Lipinski definition) is 3. The highest BCUT2D eigenvalue weighted by Gasteiger charge is 2.28. The van der Waals surface area contributed by atoms with E-state index in [0.29, 0.717) is 5.69 Å². The van der Waals surface area contributed by atoms with Crippen LogP contribution in [-0.2, 0) is 14.8 Å². The fraction of sp³-hybridized carbons (Fsp3) is 0.316. The minimum Gasteiger partial charge on any atom is -0.350 e. The third-order valence-electron chi connectivity index (χ3n) is 4.02. The Morgan fingerprint density at radius 3 is 2.04 bits per heavy atom. The number of sulfonamides is 1. The van der Waals surface area contributed by atoms with Crippen LogP contribution < -0.4 is 9.62 Å². The summed E-state index contributed by atoms with van der Waals surface area (Å²) in [5, 5.41) is 2.88. The van der Waals surface area contributed by atoms with Gasteiger partial charge in [0.1, 0.15) is 6.54 Å². The number of amides is 1. The summed E-state index contributed by atoms with van der Waals surface area (Å²) >= 11 is 0. The van der Waals surface area contributed by atoms with Crippen molar-refractivity contribution in [2.75, 3.05) is 10.8 Å². The molecule has 0 radical (unpaired) electrons. The molecule has 0 fully saturated rings. The molecule has 0 saturated heterocycles. The fourth-order valence-electron chi connectivity index (χ4n) is 2.26. The average molecular weight is 360 g/mol. The van der Waals surface area contributed by atoms with E-state index in [0.717, 1.165) is 10.7 Å². The smallest absolute Gasteiger partial charge is 0.264 e. The van der Waals surface area contributed by atoms with Crippen molar-refractivity contribution in [2.45, 2.75) is 37.6 Å². The standard InChI is InChI=1S/C19H24N2O3S/c1-4-19(2,3)20-18(22)15-21(16-11-7-5-8-12-16)25(23,24)17-13-9-6-10-14-17/h5-14H,4,15H2,1-3H3,(H,20,22). The number of nitrogens with one attached hydrogen (secondary N) is 1. The molecule has 0 heterocycles. The van der Waals surface area contributed by atoms with Crippen LogP contribution in [0.1, 0.15) is 27.2 Å². The van der Waals surface area contributed by atoms with Gasteiger partial charge < -0.3 is 5.32 Å². The van der Waals surface area contributed by atoms with Crippen LogP contribution >= 0.6 is 0 Å². The molecule has 1 N–H and O–H groups in total. The van der Waals surface area contributed by atoms with Gasteiger partial charge in [-0.05, 0) is 44.5 Å². The third-order valence-corrected chi connectivity index (χ3v) is 5.81. The molecule has 0 bridgehead atoms. The summed E-state index contributed by atoms with van der Waals surface area (Å²) in [6.07, 6.45) is 0.746. The molecule has 5 nitrogen and oxygen atoms in total. The molecule has 0 atom stereocenters. The number of hydrogen-bond donors (Lipinski definition) is 1. The molecule has 2 rings (SSSR count). The van der Waals surface area contributed by atoms with Crippen LogP contribution in [0.2, 0.25) is 0 Å². The lowest BCUT2D eigenvalue weighted by molar-refractivity contribution is -0.121. The first kappa shape index (κ1) is 19.0. The fourth-order valence-corrected chi connectivity index (χ4v) is 3.71. The quantitative estimate of drug-likeness (QED) is 0.825. The van der Waals surface area contributed by atoms with Crippen LogP contribution in [0.15, 0.2) is 65.6 Å². The van der Waals surface area contributed by atoms with Crippen LogP contribution in [-0.4, -0.2) is 26.4 Å². The number of carbonyl (C=O) groups excluding carboxylic acids is 1. The van der Waals surface area contributed by atoms with Crippen molar-refractivity contribution in [2.24, 2.45) is 0 Å². The van der Waals surface area contributed by atoms with E-state index in [1.807, 2.05) is 20.8 Å². The Morgan fingerprint density at radius 1 is 1.00 bits per heavy atom. The zero-order chi connectivity index (χ0) is 18.5. The molecule has 0 spiro atoms. The lowest BCUT2D eigenvalue weighted by Crippen LogP contribution is -2.48. The molecule has 2 aromatic rings. The van der Waals surface area contributed by atoms with E-state index in [1.54, 1.807) is 48.5 Å². The lowest BCUT2D eigenvalue weighted by Gasteiger charge is -2.28. The van der Waals surface area contributed by atoms with Gasteiger partial charge in [-0.2, -0.15) is 0 Å². The highest BCUT2D eigenvalue weighted by Crippen LogP contribution is 2.23. The number of anilines is 1. The first-order chi connectivity index (χ1) is 11.8. The van der Waals surface area contributed by atoms with Crippen molar-refractivity contribution in [3.63, 3.8) is 0 Å². The first-order valence-corrected chi connectivity index (χ1v) is 9.64. The Balaban J connectivity index is 2.37. The number of benzene rings is 2. The van der Waals surface area contributed by atoms with Gasteiger partial charge in [0, 0.05) is 5.54 Å². The second-order valence-electron chi connectivity index (χ2n) is 6.45. The Hall–Kier alpha value is -2.34. The molecular weight excluding hydrogens is 336 g/mol. The summed E-state index contributed by atoms with van der Waals surface area (Å²) < 4.78 is 27.2. The predicted molar refractivity (Wildman–Crippen MR) is 99.9 cm³/mol. The molecule has 134 valence electrons. The van der Waals surface area contributed by atoms with E-state index in [4.69, 9.17) is 0 Å². The Labute approximate surface area is 149 Å². The van der Waals surface area contributed by atoms with Gasteiger partial charge in [-0.1, -0.05) is 43.3 Å². The lowest BCUT2D eigenvalue weighted by atomic mass is 10.0. The van der Waals surface area contributed by atoms with Crippen LogP contribution in [0.5, 0.6) is 0 Å². The Kier molecular flexibility index (Phi) is 5.85. The average Bonchev–Trinajstić information content (AvgIpc) is 2.60. The van der Waals surface area contributed by atoms with Crippen molar-refractivity contribution in [1.82, 2.24) is 5.32 Å². The van der Waals surface area contributed by atoms with E-state index in [2.05, 4.69) is 5.32 Å². The second-order valence-corrected chi connectivity index (χ2v) is 8.31. The van der Waals surface area contributed by atoms with Crippen LogP contribution in [0, 0.1) is 0 Å². The normalized spacial score (nSPS) is 11.8. The predicted octanol–water partition coefficient (Wildman–Crippen LogP) is 3.19. The maximum absolute atomic E-state index is 13.0. The SMILES string of the molecule is CCC(C)(C)NC(=O)CN(c1ccccc1)S(=O)(=O)c1ccccc1. The highest BCUT2D eigenvalue weighted by atomic mass is 32.2. The monoisotopic (exact) mass is 360 g/mol. The van der Waals surface area contributed by atoms with Crippen LogP contribution in [0.4, 0.5) is 5.69 Å². The van der Waals surface area contributed by atoms with Gasteiger partial charge in [0.2, 0.25) is 5.91 Å². The minimum absolute atomic E-state index is 0.154. The van der Waals surface area contributed by atoms with E-state index < -0.39 is 15.6 Å².